The molecule has 5 heteroatoms. The maximum absolute atomic E-state index is 12.7. The van der Waals surface area contributed by atoms with Crippen LogP contribution in [0.3, 0.4) is 0 Å². The SMILES string of the molecule is CCOc1ccccc1CCC(=O)N(C)Cc1c(C)nn(-c2ccccc2)c1C. The van der Waals surface area contributed by atoms with Gasteiger partial charge in [0.1, 0.15) is 5.75 Å². The lowest BCUT2D eigenvalue weighted by molar-refractivity contribution is -0.130. The lowest BCUT2D eigenvalue weighted by Gasteiger charge is -2.18. The summed E-state index contributed by atoms with van der Waals surface area (Å²) >= 11 is 0. The lowest BCUT2D eigenvalue weighted by Crippen LogP contribution is -2.27. The van der Waals surface area contributed by atoms with E-state index in [9.17, 15) is 4.79 Å². The number of ether oxygens (including phenoxy) is 1. The summed E-state index contributed by atoms with van der Waals surface area (Å²) < 4.78 is 7.61. The van der Waals surface area contributed by atoms with E-state index in [0.717, 1.165) is 34.0 Å². The van der Waals surface area contributed by atoms with E-state index in [1.54, 1.807) is 4.90 Å². The molecule has 29 heavy (non-hydrogen) atoms. The quantitative estimate of drug-likeness (QED) is 0.569. The van der Waals surface area contributed by atoms with Crippen molar-refractivity contribution in [3.8, 4) is 11.4 Å². The average molecular weight is 392 g/mol. The predicted octanol–water partition coefficient (Wildman–Crippen LogP) is 4.48. The van der Waals surface area contributed by atoms with Crippen molar-refractivity contribution in [3.63, 3.8) is 0 Å². The maximum atomic E-state index is 12.7. The summed E-state index contributed by atoms with van der Waals surface area (Å²) in [6.07, 6.45) is 1.12. The van der Waals surface area contributed by atoms with Gasteiger partial charge >= 0.3 is 0 Å². The Morgan fingerprint density at radius 2 is 1.76 bits per heavy atom. The zero-order chi connectivity index (χ0) is 20.8. The Balaban J connectivity index is 1.67. The molecule has 1 amide bonds. The van der Waals surface area contributed by atoms with E-state index in [4.69, 9.17) is 4.74 Å². The van der Waals surface area contributed by atoms with E-state index in [2.05, 4.69) is 12.0 Å². The summed E-state index contributed by atoms with van der Waals surface area (Å²) in [4.78, 5) is 14.5. The van der Waals surface area contributed by atoms with Crippen LogP contribution in [0, 0.1) is 13.8 Å². The van der Waals surface area contributed by atoms with Gasteiger partial charge in [0.25, 0.3) is 0 Å². The summed E-state index contributed by atoms with van der Waals surface area (Å²) in [5.74, 6) is 0.976. The average Bonchev–Trinajstić information content (AvgIpc) is 3.02. The maximum Gasteiger partial charge on any atom is 0.222 e. The molecular weight excluding hydrogens is 362 g/mol. The van der Waals surface area contributed by atoms with Gasteiger partial charge in [0.05, 0.1) is 18.0 Å². The van der Waals surface area contributed by atoms with Crippen LogP contribution in [0.1, 0.15) is 35.9 Å². The molecule has 0 N–H and O–H groups in total. The fourth-order valence-corrected chi connectivity index (χ4v) is 3.49. The Hall–Kier alpha value is -3.08. The fourth-order valence-electron chi connectivity index (χ4n) is 3.49. The van der Waals surface area contributed by atoms with Crippen LogP contribution < -0.4 is 4.74 Å². The first-order valence-corrected chi connectivity index (χ1v) is 10.1. The first-order chi connectivity index (χ1) is 14.0. The number of aryl methyl sites for hydroxylation is 2. The van der Waals surface area contributed by atoms with Crippen molar-refractivity contribution >= 4 is 5.91 Å². The van der Waals surface area contributed by atoms with E-state index < -0.39 is 0 Å². The van der Waals surface area contributed by atoms with Crippen molar-refractivity contribution < 1.29 is 9.53 Å². The second-order valence-electron chi connectivity index (χ2n) is 7.19. The second-order valence-corrected chi connectivity index (χ2v) is 7.19. The van der Waals surface area contributed by atoms with Crippen LogP contribution >= 0.6 is 0 Å². The molecule has 152 valence electrons. The monoisotopic (exact) mass is 391 g/mol. The largest absolute Gasteiger partial charge is 0.494 e. The Morgan fingerprint density at radius 3 is 2.48 bits per heavy atom. The van der Waals surface area contributed by atoms with Crippen LogP contribution in [0.4, 0.5) is 0 Å². The number of carbonyl (C=O) groups is 1. The first-order valence-electron chi connectivity index (χ1n) is 10.1. The van der Waals surface area contributed by atoms with Crippen molar-refractivity contribution in [3.05, 3.63) is 77.1 Å². The molecule has 0 saturated carbocycles. The van der Waals surface area contributed by atoms with E-state index in [-0.39, 0.29) is 5.91 Å². The van der Waals surface area contributed by atoms with Gasteiger partial charge in [-0.2, -0.15) is 5.10 Å². The van der Waals surface area contributed by atoms with Crippen LogP contribution in [0.2, 0.25) is 0 Å². The van der Waals surface area contributed by atoms with Crippen LogP contribution in [0.15, 0.2) is 54.6 Å². The minimum absolute atomic E-state index is 0.113. The second kappa shape index (κ2) is 9.41. The van der Waals surface area contributed by atoms with Gasteiger partial charge < -0.3 is 9.64 Å². The summed E-state index contributed by atoms with van der Waals surface area (Å²) in [6, 6.07) is 18.0. The number of carbonyl (C=O) groups excluding carboxylic acids is 1. The van der Waals surface area contributed by atoms with Gasteiger partial charge in [-0.15, -0.1) is 0 Å². The van der Waals surface area contributed by atoms with Crippen LogP contribution in [-0.2, 0) is 17.8 Å². The Labute approximate surface area is 172 Å². The summed E-state index contributed by atoms with van der Waals surface area (Å²) in [5.41, 5.74) is 5.21. The first kappa shape index (κ1) is 20.6. The molecule has 0 atom stereocenters. The lowest BCUT2D eigenvalue weighted by atomic mass is 10.1. The summed E-state index contributed by atoms with van der Waals surface area (Å²) in [5, 5.41) is 4.68. The highest BCUT2D eigenvalue weighted by Crippen LogP contribution is 2.22. The molecule has 5 nitrogen and oxygen atoms in total. The number of rotatable bonds is 8. The third-order valence-electron chi connectivity index (χ3n) is 5.14. The zero-order valence-electron chi connectivity index (χ0n) is 17.7. The molecule has 1 heterocycles. The highest BCUT2D eigenvalue weighted by molar-refractivity contribution is 5.76. The van der Waals surface area contributed by atoms with Crippen molar-refractivity contribution in [1.82, 2.24) is 14.7 Å². The third kappa shape index (κ3) is 4.86. The van der Waals surface area contributed by atoms with Gasteiger partial charge in [-0.3, -0.25) is 4.79 Å². The van der Waals surface area contributed by atoms with E-state index in [1.165, 1.54) is 0 Å². The predicted molar refractivity (Wildman–Crippen MR) is 115 cm³/mol. The highest BCUT2D eigenvalue weighted by atomic mass is 16.5. The number of para-hydroxylation sites is 2. The molecule has 0 unspecified atom stereocenters. The van der Waals surface area contributed by atoms with Gasteiger partial charge in [0.2, 0.25) is 5.91 Å². The standard InChI is InChI=1S/C24H29N3O2/c1-5-29-23-14-10-9-11-20(23)15-16-24(28)26(4)17-22-18(2)25-27(19(22)3)21-12-7-6-8-13-21/h6-14H,5,15-17H2,1-4H3. The minimum atomic E-state index is 0.113. The number of hydrogen-bond acceptors (Lipinski definition) is 3. The molecule has 0 aliphatic carbocycles. The molecular formula is C24H29N3O2. The number of benzene rings is 2. The zero-order valence-corrected chi connectivity index (χ0v) is 17.7. The van der Waals surface area contributed by atoms with Crippen molar-refractivity contribution in [2.45, 2.75) is 40.2 Å². The molecule has 3 rings (SSSR count). The van der Waals surface area contributed by atoms with E-state index >= 15 is 0 Å². The number of aromatic nitrogens is 2. The van der Waals surface area contributed by atoms with Crippen molar-refractivity contribution in [2.75, 3.05) is 13.7 Å². The van der Waals surface area contributed by atoms with Crippen LogP contribution in [-0.4, -0.2) is 34.2 Å². The Bertz CT molecular complexity index is 964. The van der Waals surface area contributed by atoms with E-state index in [1.807, 2.05) is 80.2 Å². The van der Waals surface area contributed by atoms with Crippen LogP contribution in [0.25, 0.3) is 5.69 Å². The van der Waals surface area contributed by atoms with Gasteiger partial charge in [0.15, 0.2) is 0 Å². The van der Waals surface area contributed by atoms with Gasteiger partial charge in [0, 0.05) is 31.3 Å². The van der Waals surface area contributed by atoms with Crippen molar-refractivity contribution in [2.24, 2.45) is 0 Å². The third-order valence-corrected chi connectivity index (χ3v) is 5.14. The topological polar surface area (TPSA) is 47.4 Å². The van der Waals surface area contributed by atoms with E-state index in [0.29, 0.717) is 26.0 Å². The number of nitrogens with zero attached hydrogens (tertiary/aromatic N) is 3. The van der Waals surface area contributed by atoms with Gasteiger partial charge in [-0.05, 0) is 51.0 Å². The molecule has 0 bridgehead atoms. The molecule has 0 radical (unpaired) electrons. The molecule has 0 aliphatic heterocycles. The molecule has 0 saturated heterocycles. The smallest absolute Gasteiger partial charge is 0.222 e. The highest BCUT2D eigenvalue weighted by Gasteiger charge is 2.17. The fraction of sp³-hybridized carbons (Fsp3) is 0.333. The van der Waals surface area contributed by atoms with Gasteiger partial charge in [-0.25, -0.2) is 4.68 Å². The molecule has 2 aromatic carbocycles. The molecule has 3 aromatic rings. The summed E-state index contributed by atoms with van der Waals surface area (Å²) in [7, 11) is 1.86. The molecule has 0 fully saturated rings. The van der Waals surface area contributed by atoms with Crippen molar-refractivity contribution in [1.29, 1.82) is 0 Å². The molecule has 1 aromatic heterocycles. The molecule has 0 aliphatic rings. The number of hydrogen-bond donors (Lipinski definition) is 0. The molecule has 0 spiro atoms. The van der Waals surface area contributed by atoms with Crippen LogP contribution in [0.5, 0.6) is 5.75 Å². The minimum Gasteiger partial charge on any atom is -0.494 e. The Morgan fingerprint density at radius 1 is 1.07 bits per heavy atom. The Kier molecular flexibility index (Phi) is 6.70. The normalized spacial score (nSPS) is 10.8. The number of amides is 1. The summed E-state index contributed by atoms with van der Waals surface area (Å²) in [6.45, 7) is 7.19. The van der Waals surface area contributed by atoms with Gasteiger partial charge in [-0.1, -0.05) is 36.4 Å².